The van der Waals surface area contributed by atoms with Gasteiger partial charge in [-0.05, 0) is 44.9 Å². The maximum absolute atomic E-state index is 12.9. The number of amides is 2. The molecule has 0 bridgehead atoms. The van der Waals surface area contributed by atoms with Crippen LogP contribution < -0.4 is 10.1 Å². The van der Waals surface area contributed by atoms with Crippen LogP contribution >= 0.6 is 11.6 Å². The third kappa shape index (κ3) is 6.57. The zero-order valence-corrected chi connectivity index (χ0v) is 17.3. The summed E-state index contributed by atoms with van der Waals surface area (Å²) in [6.07, 6.45) is 0.651. The highest BCUT2D eigenvalue weighted by atomic mass is 35.5. The molecule has 2 amide bonds. The van der Waals surface area contributed by atoms with Gasteiger partial charge < -0.3 is 15.0 Å². The van der Waals surface area contributed by atoms with Crippen molar-refractivity contribution in [2.45, 2.75) is 39.3 Å². The van der Waals surface area contributed by atoms with E-state index in [0.717, 1.165) is 5.56 Å². The first kappa shape index (κ1) is 21.8. The number of benzene rings is 2. The SMILES string of the molecule is CC(C)NC(=O)[C@H](C)N(CCc1ccccc1)C(=O)COc1ccccc1Cl. The van der Waals surface area contributed by atoms with Gasteiger partial charge >= 0.3 is 0 Å². The van der Waals surface area contributed by atoms with Crippen molar-refractivity contribution in [3.05, 3.63) is 65.2 Å². The lowest BCUT2D eigenvalue weighted by Gasteiger charge is -2.29. The number of hydrogen-bond acceptors (Lipinski definition) is 3. The van der Waals surface area contributed by atoms with Crippen LogP contribution in [0.4, 0.5) is 0 Å². The zero-order valence-electron chi connectivity index (χ0n) is 16.5. The fraction of sp³-hybridized carbons (Fsp3) is 0.364. The first-order valence-corrected chi connectivity index (χ1v) is 9.77. The molecule has 150 valence electrons. The lowest BCUT2D eigenvalue weighted by molar-refractivity contribution is -0.141. The predicted molar refractivity (Wildman–Crippen MR) is 112 cm³/mol. The van der Waals surface area contributed by atoms with Crippen molar-refractivity contribution >= 4 is 23.4 Å². The van der Waals surface area contributed by atoms with Gasteiger partial charge in [0.05, 0.1) is 5.02 Å². The Morgan fingerprint density at radius 3 is 2.32 bits per heavy atom. The number of nitrogens with one attached hydrogen (secondary N) is 1. The Balaban J connectivity index is 2.07. The summed E-state index contributed by atoms with van der Waals surface area (Å²) in [5.74, 6) is -0.00350. The van der Waals surface area contributed by atoms with Gasteiger partial charge in [-0.25, -0.2) is 0 Å². The average Bonchev–Trinajstić information content (AvgIpc) is 2.67. The topological polar surface area (TPSA) is 58.6 Å². The average molecular weight is 403 g/mol. The van der Waals surface area contributed by atoms with E-state index >= 15 is 0 Å². The number of ether oxygens (including phenoxy) is 1. The molecule has 0 aliphatic heterocycles. The summed E-state index contributed by atoms with van der Waals surface area (Å²) in [6, 6.07) is 16.2. The van der Waals surface area contributed by atoms with Gasteiger partial charge in [-0.1, -0.05) is 54.1 Å². The van der Waals surface area contributed by atoms with E-state index in [-0.39, 0.29) is 24.5 Å². The molecule has 6 heteroatoms. The van der Waals surface area contributed by atoms with Gasteiger partial charge in [-0.15, -0.1) is 0 Å². The molecule has 2 aromatic carbocycles. The van der Waals surface area contributed by atoms with E-state index in [1.807, 2.05) is 44.2 Å². The van der Waals surface area contributed by atoms with Crippen LogP contribution in [0.3, 0.4) is 0 Å². The Hall–Kier alpha value is -2.53. The number of halogens is 1. The number of rotatable bonds is 9. The Morgan fingerprint density at radius 1 is 1.04 bits per heavy atom. The minimum atomic E-state index is -0.603. The van der Waals surface area contributed by atoms with E-state index in [1.54, 1.807) is 36.1 Å². The quantitative estimate of drug-likeness (QED) is 0.695. The first-order valence-electron chi connectivity index (χ1n) is 9.39. The van der Waals surface area contributed by atoms with Crippen LogP contribution in [-0.4, -0.2) is 41.9 Å². The van der Waals surface area contributed by atoms with E-state index in [1.165, 1.54) is 0 Å². The zero-order chi connectivity index (χ0) is 20.5. The molecule has 5 nitrogen and oxygen atoms in total. The molecule has 0 radical (unpaired) electrons. The van der Waals surface area contributed by atoms with Crippen molar-refractivity contribution in [2.75, 3.05) is 13.2 Å². The predicted octanol–water partition coefficient (Wildman–Crippen LogP) is 3.70. The van der Waals surface area contributed by atoms with Gasteiger partial charge in [-0.3, -0.25) is 9.59 Å². The fourth-order valence-electron chi connectivity index (χ4n) is 2.76. The third-order valence-electron chi connectivity index (χ3n) is 4.27. The molecule has 0 aromatic heterocycles. The molecule has 2 rings (SSSR count). The lowest BCUT2D eigenvalue weighted by Crippen LogP contribution is -2.51. The Kier molecular flexibility index (Phi) is 8.33. The summed E-state index contributed by atoms with van der Waals surface area (Å²) in [6.45, 7) is 5.75. The molecule has 1 N–H and O–H groups in total. The number of carbonyl (C=O) groups is 2. The van der Waals surface area contributed by atoms with Crippen LogP contribution in [0.25, 0.3) is 0 Å². The fourth-order valence-corrected chi connectivity index (χ4v) is 2.95. The van der Waals surface area contributed by atoms with Gasteiger partial charge in [-0.2, -0.15) is 0 Å². The van der Waals surface area contributed by atoms with Crippen molar-refractivity contribution in [3.8, 4) is 5.75 Å². The third-order valence-corrected chi connectivity index (χ3v) is 4.58. The minimum Gasteiger partial charge on any atom is -0.482 e. The van der Waals surface area contributed by atoms with Crippen LogP contribution in [0.5, 0.6) is 5.75 Å². The van der Waals surface area contributed by atoms with E-state index in [9.17, 15) is 9.59 Å². The van der Waals surface area contributed by atoms with Gasteiger partial charge in [0.1, 0.15) is 11.8 Å². The van der Waals surface area contributed by atoms with Crippen molar-refractivity contribution in [2.24, 2.45) is 0 Å². The molecular formula is C22H27ClN2O3. The van der Waals surface area contributed by atoms with Crippen LogP contribution in [-0.2, 0) is 16.0 Å². The molecule has 0 unspecified atom stereocenters. The first-order chi connectivity index (χ1) is 13.4. The summed E-state index contributed by atoms with van der Waals surface area (Å²) in [5, 5.41) is 3.31. The monoisotopic (exact) mass is 402 g/mol. The number of hydrogen-bond donors (Lipinski definition) is 1. The van der Waals surface area contributed by atoms with Gasteiger partial charge in [0, 0.05) is 12.6 Å². The molecule has 0 aliphatic carbocycles. The second-order valence-electron chi connectivity index (χ2n) is 6.88. The van der Waals surface area contributed by atoms with E-state index in [0.29, 0.717) is 23.7 Å². The summed E-state index contributed by atoms with van der Waals surface area (Å²) in [7, 11) is 0. The van der Waals surface area contributed by atoms with E-state index in [2.05, 4.69) is 5.32 Å². The molecule has 28 heavy (non-hydrogen) atoms. The summed E-state index contributed by atoms with van der Waals surface area (Å²) in [4.78, 5) is 26.9. The Labute approximate surface area is 171 Å². The second-order valence-corrected chi connectivity index (χ2v) is 7.29. The summed E-state index contributed by atoms with van der Waals surface area (Å²) < 4.78 is 5.59. The highest BCUT2D eigenvalue weighted by molar-refractivity contribution is 6.32. The van der Waals surface area contributed by atoms with Crippen LogP contribution in [0.2, 0.25) is 5.02 Å². The Morgan fingerprint density at radius 2 is 1.68 bits per heavy atom. The minimum absolute atomic E-state index is 0.000371. The molecule has 0 spiro atoms. The van der Waals surface area contributed by atoms with Crippen molar-refractivity contribution in [3.63, 3.8) is 0 Å². The maximum atomic E-state index is 12.9. The van der Waals surface area contributed by atoms with Crippen molar-refractivity contribution < 1.29 is 14.3 Å². The maximum Gasteiger partial charge on any atom is 0.261 e. The van der Waals surface area contributed by atoms with Gasteiger partial charge in [0.25, 0.3) is 5.91 Å². The van der Waals surface area contributed by atoms with Crippen molar-refractivity contribution in [1.29, 1.82) is 0 Å². The van der Waals surface area contributed by atoms with Crippen LogP contribution in [0.1, 0.15) is 26.3 Å². The van der Waals surface area contributed by atoms with Gasteiger partial charge in [0.15, 0.2) is 6.61 Å². The molecule has 0 fully saturated rings. The number of carbonyl (C=O) groups excluding carboxylic acids is 2. The highest BCUT2D eigenvalue weighted by Crippen LogP contribution is 2.23. The molecule has 2 aromatic rings. The van der Waals surface area contributed by atoms with Crippen LogP contribution in [0.15, 0.2) is 54.6 Å². The van der Waals surface area contributed by atoms with Crippen LogP contribution in [0, 0.1) is 0 Å². The summed E-state index contributed by atoms with van der Waals surface area (Å²) in [5.41, 5.74) is 1.10. The van der Waals surface area contributed by atoms with Gasteiger partial charge in [0.2, 0.25) is 5.91 Å². The van der Waals surface area contributed by atoms with E-state index < -0.39 is 6.04 Å². The summed E-state index contributed by atoms with van der Waals surface area (Å²) >= 11 is 6.08. The molecule has 0 saturated carbocycles. The lowest BCUT2D eigenvalue weighted by atomic mass is 10.1. The second kappa shape index (κ2) is 10.7. The standard InChI is InChI=1S/C22H27ClN2O3/c1-16(2)24-22(27)17(3)25(14-13-18-9-5-4-6-10-18)21(26)15-28-20-12-8-7-11-19(20)23/h4-12,16-17H,13-15H2,1-3H3,(H,24,27)/t17-/m0/s1. The highest BCUT2D eigenvalue weighted by Gasteiger charge is 2.26. The Bertz CT molecular complexity index is 780. The normalized spacial score (nSPS) is 11.8. The molecular weight excluding hydrogens is 376 g/mol. The smallest absolute Gasteiger partial charge is 0.261 e. The van der Waals surface area contributed by atoms with E-state index in [4.69, 9.17) is 16.3 Å². The largest absolute Gasteiger partial charge is 0.482 e. The number of para-hydroxylation sites is 1. The molecule has 1 atom stereocenters. The van der Waals surface area contributed by atoms with Crippen molar-refractivity contribution in [1.82, 2.24) is 10.2 Å². The molecule has 0 aliphatic rings. The molecule has 0 heterocycles. The number of nitrogens with zero attached hydrogens (tertiary/aromatic N) is 1. The molecule has 0 saturated heterocycles.